The van der Waals surface area contributed by atoms with Crippen molar-refractivity contribution < 1.29 is 19.4 Å². The van der Waals surface area contributed by atoms with Crippen molar-refractivity contribution in [2.45, 2.75) is 31.6 Å². The lowest BCUT2D eigenvalue weighted by atomic mass is 9.85. The van der Waals surface area contributed by atoms with E-state index in [1.54, 1.807) is 18.5 Å². The van der Waals surface area contributed by atoms with Crippen molar-refractivity contribution in [3.63, 3.8) is 0 Å². The van der Waals surface area contributed by atoms with E-state index in [1.165, 1.54) is 26.0 Å². The molecule has 3 aromatic rings. The number of carbonyl (C=O) groups excluding carboxylic acids is 1. The number of imidazole rings is 1. The fourth-order valence-electron chi connectivity index (χ4n) is 3.82. The molecule has 4 N–H and O–H groups in total. The second-order valence-electron chi connectivity index (χ2n) is 7.29. The number of hydrogen-bond donors (Lipinski definition) is 4. The Balaban J connectivity index is 1.78. The van der Waals surface area contributed by atoms with Gasteiger partial charge in [-0.05, 0) is 25.2 Å². The zero-order valence-corrected chi connectivity index (χ0v) is 16.6. The van der Waals surface area contributed by atoms with Crippen LogP contribution < -0.4 is 10.6 Å². The smallest absolute Gasteiger partial charge is 0.228 e. The lowest BCUT2D eigenvalue weighted by Gasteiger charge is -2.26. The molecule has 3 aromatic heterocycles. The van der Waals surface area contributed by atoms with Gasteiger partial charge >= 0.3 is 0 Å². The van der Waals surface area contributed by atoms with E-state index in [0.29, 0.717) is 22.7 Å². The fraction of sp³-hybridized carbons (Fsp3) is 0.421. The summed E-state index contributed by atoms with van der Waals surface area (Å²) in [6, 6.07) is -0.609. The van der Waals surface area contributed by atoms with Gasteiger partial charge in [0, 0.05) is 14.1 Å². The summed E-state index contributed by atoms with van der Waals surface area (Å²) in [6.45, 7) is 1.63. The Morgan fingerprint density at radius 1 is 1.33 bits per heavy atom. The molecule has 30 heavy (non-hydrogen) atoms. The fourth-order valence-corrected chi connectivity index (χ4v) is 3.82. The van der Waals surface area contributed by atoms with E-state index in [0.717, 1.165) is 0 Å². The van der Waals surface area contributed by atoms with Gasteiger partial charge in [0.05, 0.1) is 30.1 Å². The SMILES string of the molecule is CNC(=O)C1(C)C[C@@H](n2cnc3c(NC)nc(C#Cc4cnco4)nc32)[C@H](O)[C@@H]1O. The van der Waals surface area contributed by atoms with Crippen LogP contribution in [-0.4, -0.2) is 66.9 Å². The number of fused-ring (bicyclic) bond motifs is 1. The number of aliphatic hydroxyl groups excluding tert-OH is 2. The molecule has 156 valence electrons. The van der Waals surface area contributed by atoms with E-state index in [9.17, 15) is 15.0 Å². The molecule has 11 nitrogen and oxygen atoms in total. The number of carbonyl (C=O) groups is 1. The number of anilines is 1. The third-order valence-electron chi connectivity index (χ3n) is 5.49. The molecule has 4 rings (SSSR count). The lowest BCUT2D eigenvalue weighted by molar-refractivity contribution is -0.136. The summed E-state index contributed by atoms with van der Waals surface area (Å²) in [5.74, 6) is 6.31. The highest BCUT2D eigenvalue weighted by molar-refractivity contribution is 5.85. The van der Waals surface area contributed by atoms with Crippen LogP contribution in [0.3, 0.4) is 0 Å². The lowest BCUT2D eigenvalue weighted by Crippen LogP contribution is -2.45. The van der Waals surface area contributed by atoms with Crippen molar-refractivity contribution >= 4 is 22.9 Å². The van der Waals surface area contributed by atoms with Crippen molar-refractivity contribution in [3.8, 4) is 11.8 Å². The largest absolute Gasteiger partial charge is 0.435 e. The number of rotatable bonds is 3. The maximum atomic E-state index is 12.3. The molecule has 3 heterocycles. The van der Waals surface area contributed by atoms with Crippen molar-refractivity contribution in [1.29, 1.82) is 0 Å². The Labute approximate surface area is 171 Å². The van der Waals surface area contributed by atoms with Gasteiger partial charge in [-0.2, -0.15) is 0 Å². The minimum atomic E-state index is -1.24. The minimum absolute atomic E-state index is 0.207. The predicted molar refractivity (Wildman–Crippen MR) is 105 cm³/mol. The van der Waals surface area contributed by atoms with Crippen molar-refractivity contribution in [1.82, 2.24) is 29.8 Å². The standard InChI is InChI=1S/C19H21N7O4/c1-19(18(29)21-3)6-11(14(27)15(19)28)26-8-23-13-16(20-2)24-12(25-17(13)26)5-4-10-7-22-9-30-10/h7-9,11,14-15,27-28H,6H2,1-3H3,(H,21,29)(H,20,24,25)/t11-,14+,15+,19?/m1/s1. The van der Waals surface area contributed by atoms with Gasteiger partial charge in [-0.3, -0.25) is 4.79 Å². The van der Waals surface area contributed by atoms with E-state index in [4.69, 9.17) is 4.42 Å². The number of nitrogens with zero attached hydrogens (tertiary/aromatic N) is 5. The first-order valence-electron chi connectivity index (χ1n) is 9.30. The molecule has 0 saturated heterocycles. The minimum Gasteiger partial charge on any atom is -0.435 e. The average molecular weight is 411 g/mol. The quantitative estimate of drug-likeness (QED) is 0.425. The van der Waals surface area contributed by atoms with Gasteiger partial charge in [0.2, 0.25) is 11.7 Å². The van der Waals surface area contributed by atoms with E-state index < -0.39 is 23.7 Å². The zero-order chi connectivity index (χ0) is 21.5. The van der Waals surface area contributed by atoms with Crippen LogP contribution in [0.25, 0.3) is 11.2 Å². The number of amides is 1. The maximum absolute atomic E-state index is 12.3. The van der Waals surface area contributed by atoms with Gasteiger partial charge in [-0.25, -0.2) is 19.9 Å². The monoisotopic (exact) mass is 411 g/mol. The zero-order valence-electron chi connectivity index (χ0n) is 16.6. The highest BCUT2D eigenvalue weighted by atomic mass is 16.3. The van der Waals surface area contributed by atoms with Crippen LogP contribution in [-0.2, 0) is 4.79 Å². The van der Waals surface area contributed by atoms with Crippen LogP contribution in [0.15, 0.2) is 23.3 Å². The first-order chi connectivity index (χ1) is 14.4. The summed E-state index contributed by atoms with van der Waals surface area (Å²) < 4.78 is 6.75. The molecule has 11 heteroatoms. The van der Waals surface area contributed by atoms with Crippen LogP contribution in [0.1, 0.15) is 31.0 Å². The second kappa shape index (κ2) is 7.40. The van der Waals surface area contributed by atoms with Crippen LogP contribution in [0.4, 0.5) is 5.82 Å². The second-order valence-corrected chi connectivity index (χ2v) is 7.29. The van der Waals surface area contributed by atoms with Crippen LogP contribution in [0.2, 0.25) is 0 Å². The first kappa shape index (κ1) is 19.8. The van der Waals surface area contributed by atoms with Crippen molar-refractivity contribution in [2.75, 3.05) is 19.4 Å². The van der Waals surface area contributed by atoms with Gasteiger partial charge in [0.1, 0.15) is 6.10 Å². The summed E-state index contributed by atoms with van der Waals surface area (Å²) in [5, 5.41) is 26.8. The van der Waals surface area contributed by atoms with E-state index >= 15 is 0 Å². The third-order valence-corrected chi connectivity index (χ3v) is 5.49. The van der Waals surface area contributed by atoms with Crippen LogP contribution in [0, 0.1) is 17.3 Å². The summed E-state index contributed by atoms with van der Waals surface area (Å²) in [4.78, 5) is 29.4. The molecule has 0 spiro atoms. The molecule has 1 aliphatic carbocycles. The molecular weight excluding hydrogens is 390 g/mol. The van der Waals surface area contributed by atoms with Crippen LogP contribution >= 0.6 is 0 Å². The molecule has 4 atom stereocenters. The number of nitrogens with one attached hydrogen (secondary N) is 2. The molecule has 0 radical (unpaired) electrons. The predicted octanol–water partition coefficient (Wildman–Crippen LogP) is -0.325. The highest BCUT2D eigenvalue weighted by Gasteiger charge is 2.54. The molecule has 1 fully saturated rings. The van der Waals surface area contributed by atoms with E-state index in [2.05, 4.69) is 42.4 Å². The molecule has 1 unspecified atom stereocenters. The Kier molecular flexibility index (Phi) is 4.89. The van der Waals surface area contributed by atoms with Gasteiger partial charge in [-0.15, -0.1) is 0 Å². The molecule has 0 bridgehead atoms. The van der Waals surface area contributed by atoms with Gasteiger partial charge < -0.3 is 29.8 Å². The summed E-state index contributed by atoms with van der Waals surface area (Å²) in [5.41, 5.74) is -0.241. The normalized spacial score (nSPS) is 25.7. The topological polar surface area (TPSA) is 151 Å². The summed E-state index contributed by atoms with van der Waals surface area (Å²) in [6.07, 6.45) is 2.06. The van der Waals surface area contributed by atoms with Crippen LogP contribution in [0.5, 0.6) is 0 Å². The van der Waals surface area contributed by atoms with Gasteiger partial charge in [0.15, 0.2) is 29.1 Å². The van der Waals surface area contributed by atoms with Crippen molar-refractivity contribution in [2.24, 2.45) is 5.41 Å². The van der Waals surface area contributed by atoms with Crippen molar-refractivity contribution in [3.05, 3.63) is 30.5 Å². The van der Waals surface area contributed by atoms with Gasteiger partial charge in [-0.1, -0.05) is 0 Å². The van der Waals surface area contributed by atoms with E-state index in [-0.39, 0.29) is 18.2 Å². The van der Waals surface area contributed by atoms with E-state index in [1.807, 2.05) is 0 Å². The molecule has 1 saturated carbocycles. The molecule has 0 aromatic carbocycles. The Hall–Kier alpha value is -3.49. The average Bonchev–Trinajstić information content (AvgIpc) is 3.47. The first-order valence-corrected chi connectivity index (χ1v) is 9.30. The Morgan fingerprint density at radius 3 is 2.80 bits per heavy atom. The summed E-state index contributed by atoms with van der Waals surface area (Å²) in [7, 11) is 3.20. The molecular formula is C19H21N7O4. The number of oxazole rings is 1. The number of aliphatic hydroxyl groups is 2. The number of hydrogen-bond acceptors (Lipinski definition) is 9. The molecule has 1 aliphatic rings. The maximum Gasteiger partial charge on any atom is 0.228 e. The summed E-state index contributed by atoms with van der Waals surface area (Å²) >= 11 is 0. The highest BCUT2D eigenvalue weighted by Crippen LogP contribution is 2.45. The Bertz CT molecular complexity index is 1150. The molecule has 1 amide bonds. The molecule has 0 aliphatic heterocycles. The number of aromatic nitrogens is 5. The third kappa shape index (κ3) is 3.06. The van der Waals surface area contributed by atoms with Gasteiger partial charge in [0.25, 0.3) is 0 Å². The Morgan fingerprint density at radius 2 is 2.13 bits per heavy atom.